The molecule has 0 radical (unpaired) electrons. The Balaban J connectivity index is 2.13. The summed E-state index contributed by atoms with van der Waals surface area (Å²) in [5.74, 6) is 0. The Bertz CT molecular complexity index is 635. The molecule has 1 aromatic carbocycles. The van der Waals surface area contributed by atoms with Crippen LogP contribution in [0.2, 0.25) is 0 Å². The predicted molar refractivity (Wildman–Crippen MR) is 69.1 cm³/mol. The van der Waals surface area contributed by atoms with E-state index in [1.807, 2.05) is 10.6 Å². The van der Waals surface area contributed by atoms with Gasteiger partial charge in [0.2, 0.25) is 0 Å². The first-order valence-corrected chi connectivity index (χ1v) is 6.20. The summed E-state index contributed by atoms with van der Waals surface area (Å²) in [5, 5.41) is 3.29. The van der Waals surface area contributed by atoms with Crippen molar-refractivity contribution in [3.63, 3.8) is 0 Å². The molecule has 0 saturated carbocycles. The van der Waals surface area contributed by atoms with E-state index >= 15 is 0 Å². The molecule has 0 amide bonds. The van der Waals surface area contributed by atoms with E-state index in [1.165, 1.54) is 0 Å². The number of hydrogen-bond donors (Lipinski definition) is 2. The molecule has 0 spiro atoms. The van der Waals surface area contributed by atoms with Crippen LogP contribution in [0.15, 0.2) is 23.0 Å². The highest BCUT2D eigenvalue weighted by Crippen LogP contribution is 2.22. The number of aldehydes is 1. The summed E-state index contributed by atoms with van der Waals surface area (Å²) in [4.78, 5) is 25.6. The Morgan fingerprint density at radius 2 is 2.06 bits per heavy atom. The number of carbonyl (C=O) groups excluding carboxylic acids is 1. The molecule has 0 unspecified atom stereocenters. The van der Waals surface area contributed by atoms with Gasteiger partial charge in [-0.3, -0.25) is 9.36 Å². The Hall–Kier alpha value is -1.88. The monoisotopic (exact) mass is 245 g/mol. The largest absolute Gasteiger partial charge is 0.326 e. The van der Waals surface area contributed by atoms with Crippen molar-refractivity contribution in [1.82, 2.24) is 14.9 Å². The topological polar surface area (TPSA) is 66.9 Å². The summed E-state index contributed by atoms with van der Waals surface area (Å²) in [6.07, 6.45) is 2.71. The lowest BCUT2D eigenvalue weighted by atomic mass is 10.1. The summed E-state index contributed by atoms with van der Waals surface area (Å²) in [6.45, 7) is 1.88. The maximum atomic E-state index is 12.0. The molecule has 18 heavy (non-hydrogen) atoms. The van der Waals surface area contributed by atoms with Gasteiger partial charge in [0.25, 0.3) is 0 Å². The van der Waals surface area contributed by atoms with Crippen LogP contribution in [0.1, 0.15) is 29.2 Å². The first kappa shape index (κ1) is 11.2. The second kappa shape index (κ2) is 4.42. The van der Waals surface area contributed by atoms with Crippen molar-refractivity contribution in [2.24, 2.45) is 0 Å². The van der Waals surface area contributed by atoms with Crippen molar-refractivity contribution < 1.29 is 4.79 Å². The van der Waals surface area contributed by atoms with Gasteiger partial charge in [0.15, 0.2) is 0 Å². The molecule has 94 valence electrons. The summed E-state index contributed by atoms with van der Waals surface area (Å²) >= 11 is 0. The van der Waals surface area contributed by atoms with Gasteiger partial charge >= 0.3 is 5.69 Å². The van der Waals surface area contributed by atoms with Gasteiger partial charge in [0.05, 0.1) is 11.0 Å². The lowest BCUT2D eigenvalue weighted by Crippen LogP contribution is -2.33. The summed E-state index contributed by atoms with van der Waals surface area (Å²) in [7, 11) is 0. The molecule has 2 N–H and O–H groups in total. The number of nitrogens with one attached hydrogen (secondary N) is 2. The number of rotatable bonds is 2. The average Bonchev–Trinajstić information content (AvgIpc) is 2.74. The maximum Gasteiger partial charge on any atom is 0.326 e. The minimum atomic E-state index is -0.0834. The lowest BCUT2D eigenvalue weighted by molar-refractivity contribution is 0.112. The quantitative estimate of drug-likeness (QED) is 0.778. The molecule has 5 heteroatoms. The third-order valence-corrected chi connectivity index (χ3v) is 3.55. The third kappa shape index (κ3) is 1.76. The zero-order chi connectivity index (χ0) is 12.5. The van der Waals surface area contributed by atoms with Crippen LogP contribution in [0.4, 0.5) is 0 Å². The molecule has 2 heterocycles. The van der Waals surface area contributed by atoms with Crippen LogP contribution in [-0.2, 0) is 0 Å². The highest BCUT2D eigenvalue weighted by Gasteiger charge is 2.19. The number of nitrogens with zero attached hydrogens (tertiary/aromatic N) is 1. The highest BCUT2D eigenvalue weighted by atomic mass is 16.1. The molecular formula is C13H15N3O2. The Labute approximate surface area is 104 Å². The van der Waals surface area contributed by atoms with Crippen molar-refractivity contribution in [2.75, 3.05) is 13.1 Å². The van der Waals surface area contributed by atoms with Crippen LogP contribution in [-0.4, -0.2) is 28.9 Å². The van der Waals surface area contributed by atoms with E-state index in [0.717, 1.165) is 43.3 Å². The minimum Gasteiger partial charge on any atom is -0.317 e. The number of carbonyl (C=O) groups is 1. The van der Waals surface area contributed by atoms with Gasteiger partial charge in [-0.05, 0) is 44.1 Å². The van der Waals surface area contributed by atoms with Gasteiger partial charge in [-0.2, -0.15) is 0 Å². The van der Waals surface area contributed by atoms with Crippen LogP contribution in [0.25, 0.3) is 11.0 Å². The summed E-state index contributed by atoms with van der Waals surface area (Å²) in [5.41, 5.74) is 2.13. The Kier molecular flexibility index (Phi) is 2.76. The number of imidazole rings is 1. The van der Waals surface area contributed by atoms with Crippen molar-refractivity contribution in [2.45, 2.75) is 18.9 Å². The standard InChI is InChI=1S/C13H15N3O2/c17-8-9-1-2-12-11(7-9)15-13(18)16(12)10-3-5-14-6-4-10/h1-2,7-8,10,14H,3-6H2,(H,15,18). The molecule has 1 saturated heterocycles. The second-order valence-electron chi connectivity index (χ2n) is 4.68. The molecule has 1 aromatic heterocycles. The molecule has 2 aromatic rings. The molecule has 1 aliphatic heterocycles. The van der Waals surface area contributed by atoms with Crippen LogP contribution >= 0.6 is 0 Å². The van der Waals surface area contributed by atoms with E-state index < -0.39 is 0 Å². The number of piperidine rings is 1. The fourth-order valence-corrected chi connectivity index (χ4v) is 2.65. The van der Waals surface area contributed by atoms with E-state index in [4.69, 9.17) is 0 Å². The highest BCUT2D eigenvalue weighted by molar-refractivity contribution is 5.84. The normalized spacial score (nSPS) is 17.1. The van der Waals surface area contributed by atoms with Crippen molar-refractivity contribution in [3.8, 4) is 0 Å². The fourth-order valence-electron chi connectivity index (χ4n) is 2.65. The van der Waals surface area contributed by atoms with Gasteiger partial charge in [0, 0.05) is 11.6 Å². The predicted octanol–water partition coefficient (Wildman–Crippen LogP) is 1.07. The zero-order valence-corrected chi connectivity index (χ0v) is 9.98. The number of aromatic nitrogens is 2. The third-order valence-electron chi connectivity index (χ3n) is 3.55. The number of hydrogen-bond acceptors (Lipinski definition) is 3. The smallest absolute Gasteiger partial charge is 0.317 e. The number of H-pyrrole nitrogens is 1. The van der Waals surface area contributed by atoms with Crippen LogP contribution in [0.3, 0.4) is 0 Å². The van der Waals surface area contributed by atoms with Crippen molar-refractivity contribution in [3.05, 3.63) is 34.2 Å². The number of fused-ring (bicyclic) bond motifs is 1. The Morgan fingerprint density at radius 3 is 2.78 bits per heavy atom. The average molecular weight is 245 g/mol. The lowest BCUT2D eigenvalue weighted by Gasteiger charge is -2.23. The first-order valence-electron chi connectivity index (χ1n) is 6.20. The molecule has 0 bridgehead atoms. The van der Waals surface area contributed by atoms with Crippen molar-refractivity contribution in [1.29, 1.82) is 0 Å². The minimum absolute atomic E-state index is 0.0834. The molecule has 0 atom stereocenters. The first-order chi connectivity index (χ1) is 8.79. The van der Waals surface area contributed by atoms with Gasteiger partial charge in [-0.15, -0.1) is 0 Å². The van der Waals surface area contributed by atoms with Crippen LogP contribution < -0.4 is 11.0 Å². The molecular weight excluding hydrogens is 230 g/mol. The van der Waals surface area contributed by atoms with Gasteiger partial charge < -0.3 is 10.3 Å². The zero-order valence-electron chi connectivity index (χ0n) is 9.98. The van der Waals surface area contributed by atoms with Crippen LogP contribution in [0, 0.1) is 0 Å². The number of aromatic amines is 1. The SMILES string of the molecule is O=Cc1ccc2c(c1)[nH]c(=O)n2C1CCNCC1. The number of benzene rings is 1. The maximum absolute atomic E-state index is 12.0. The molecule has 3 rings (SSSR count). The van der Waals surface area contributed by atoms with Crippen molar-refractivity contribution >= 4 is 17.3 Å². The Morgan fingerprint density at radius 1 is 1.28 bits per heavy atom. The molecule has 1 aliphatic rings. The fraction of sp³-hybridized carbons (Fsp3) is 0.385. The van der Waals surface area contributed by atoms with E-state index in [2.05, 4.69) is 10.3 Å². The van der Waals surface area contributed by atoms with E-state index in [-0.39, 0.29) is 11.7 Å². The molecule has 0 aliphatic carbocycles. The van der Waals surface area contributed by atoms with E-state index in [1.54, 1.807) is 12.1 Å². The van der Waals surface area contributed by atoms with E-state index in [0.29, 0.717) is 5.56 Å². The van der Waals surface area contributed by atoms with Gasteiger partial charge in [-0.25, -0.2) is 4.79 Å². The van der Waals surface area contributed by atoms with E-state index in [9.17, 15) is 9.59 Å². The second-order valence-corrected chi connectivity index (χ2v) is 4.68. The van der Waals surface area contributed by atoms with Gasteiger partial charge in [-0.1, -0.05) is 0 Å². The molecule has 5 nitrogen and oxygen atoms in total. The van der Waals surface area contributed by atoms with Crippen LogP contribution in [0.5, 0.6) is 0 Å². The molecule has 1 fully saturated rings. The summed E-state index contributed by atoms with van der Waals surface area (Å²) in [6, 6.07) is 5.56. The summed E-state index contributed by atoms with van der Waals surface area (Å²) < 4.78 is 1.82. The van der Waals surface area contributed by atoms with Gasteiger partial charge in [0.1, 0.15) is 6.29 Å².